The Morgan fingerprint density at radius 3 is 2.77 bits per heavy atom. The van der Waals surface area contributed by atoms with Crippen molar-refractivity contribution in [3.8, 4) is 16.9 Å². The van der Waals surface area contributed by atoms with Crippen molar-refractivity contribution < 1.29 is 24.2 Å². The number of aromatic nitrogens is 2. The lowest BCUT2D eigenvalue weighted by atomic mass is 9.92. The number of aliphatic hydroxyl groups excluding tert-OH is 1. The number of methoxy groups -OCH3 is 1. The first kappa shape index (κ1) is 21.6. The first-order chi connectivity index (χ1) is 14.4. The van der Waals surface area contributed by atoms with E-state index in [4.69, 9.17) is 14.6 Å². The minimum atomic E-state index is -0.428. The fraction of sp³-hybridized carbons (Fsp3) is 0.476. The molecule has 0 fully saturated rings. The Morgan fingerprint density at radius 1 is 1.33 bits per heavy atom. The van der Waals surface area contributed by atoms with Crippen molar-refractivity contribution in [2.45, 2.75) is 32.4 Å². The Kier molecular flexibility index (Phi) is 6.61. The molecule has 1 aliphatic rings. The van der Waals surface area contributed by atoms with Crippen LogP contribution < -0.4 is 9.64 Å². The first-order valence-electron chi connectivity index (χ1n) is 9.87. The van der Waals surface area contributed by atoms with E-state index in [1.807, 2.05) is 25.3 Å². The molecule has 1 aromatic carbocycles. The number of ether oxygens (including phenoxy) is 2. The Bertz CT molecular complexity index is 924. The van der Waals surface area contributed by atoms with Crippen molar-refractivity contribution in [1.82, 2.24) is 14.7 Å². The number of aliphatic hydroxyl groups is 1. The van der Waals surface area contributed by atoms with Crippen LogP contribution in [0.4, 0.5) is 10.5 Å². The van der Waals surface area contributed by atoms with Crippen molar-refractivity contribution in [3.05, 3.63) is 30.1 Å². The molecule has 162 valence electrons. The molecule has 0 radical (unpaired) electrons. The molecular formula is C21H28N4O5. The second-order valence-electron chi connectivity index (χ2n) is 7.46. The molecule has 2 aromatic rings. The zero-order valence-electron chi connectivity index (χ0n) is 17.8. The zero-order valence-corrected chi connectivity index (χ0v) is 17.8. The number of nitrogens with zero attached hydrogens (tertiary/aromatic N) is 4. The standard InChI is InChI=1S/C21H28N4O5/c1-14-5-6-17-18(25(14)21(28)29-4)8-7-16(15-11-22-24(12-15)9-10-26)20(17)30-13-19(27)23(2)3/h7-8,11-12,14,26H,5-6,9-10,13H2,1-4H3. The van der Waals surface area contributed by atoms with Crippen molar-refractivity contribution in [2.24, 2.45) is 0 Å². The topological polar surface area (TPSA) is 97.1 Å². The van der Waals surface area contributed by atoms with Gasteiger partial charge < -0.3 is 19.5 Å². The lowest BCUT2D eigenvalue weighted by molar-refractivity contribution is -0.130. The number of hydrogen-bond donors (Lipinski definition) is 1. The van der Waals surface area contributed by atoms with E-state index in [1.54, 1.807) is 29.9 Å². The van der Waals surface area contributed by atoms with Crippen LogP contribution in [0.25, 0.3) is 11.1 Å². The van der Waals surface area contributed by atoms with Gasteiger partial charge in [0.25, 0.3) is 5.91 Å². The smallest absolute Gasteiger partial charge is 0.414 e. The van der Waals surface area contributed by atoms with Crippen molar-refractivity contribution >= 4 is 17.7 Å². The molecule has 1 unspecified atom stereocenters. The maximum Gasteiger partial charge on any atom is 0.414 e. The molecule has 9 heteroatoms. The van der Waals surface area contributed by atoms with Gasteiger partial charge in [0.15, 0.2) is 6.61 Å². The predicted molar refractivity (Wildman–Crippen MR) is 112 cm³/mol. The minimum absolute atomic E-state index is 0.0145. The molecule has 1 atom stereocenters. The fourth-order valence-corrected chi connectivity index (χ4v) is 3.56. The summed E-state index contributed by atoms with van der Waals surface area (Å²) in [5, 5.41) is 13.4. The number of anilines is 1. The summed E-state index contributed by atoms with van der Waals surface area (Å²) < 4.78 is 12.6. The summed E-state index contributed by atoms with van der Waals surface area (Å²) in [5.41, 5.74) is 3.17. The Morgan fingerprint density at radius 2 is 2.10 bits per heavy atom. The van der Waals surface area contributed by atoms with E-state index in [2.05, 4.69) is 5.10 Å². The summed E-state index contributed by atoms with van der Waals surface area (Å²) in [4.78, 5) is 27.7. The third-order valence-electron chi connectivity index (χ3n) is 5.23. The summed E-state index contributed by atoms with van der Waals surface area (Å²) >= 11 is 0. The van der Waals surface area contributed by atoms with E-state index < -0.39 is 6.09 Å². The molecule has 1 aliphatic heterocycles. The molecule has 2 amide bonds. The monoisotopic (exact) mass is 416 g/mol. The molecule has 1 aromatic heterocycles. The van der Waals surface area contributed by atoms with E-state index in [9.17, 15) is 9.59 Å². The van der Waals surface area contributed by atoms with Gasteiger partial charge in [-0.15, -0.1) is 0 Å². The maximum absolute atomic E-state index is 12.4. The van der Waals surface area contributed by atoms with E-state index >= 15 is 0 Å². The average Bonchev–Trinajstić information content (AvgIpc) is 3.19. The van der Waals surface area contributed by atoms with Gasteiger partial charge in [-0.05, 0) is 31.9 Å². The van der Waals surface area contributed by atoms with E-state index in [0.29, 0.717) is 18.7 Å². The quantitative estimate of drug-likeness (QED) is 0.773. The van der Waals surface area contributed by atoms with Crippen LogP contribution in [0, 0.1) is 0 Å². The lowest BCUT2D eigenvalue weighted by Gasteiger charge is -2.35. The Labute approximate surface area is 175 Å². The van der Waals surface area contributed by atoms with Crippen molar-refractivity contribution in [3.63, 3.8) is 0 Å². The minimum Gasteiger partial charge on any atom is -0.483 e. The van der Waals surface area contributed by atoms with Gasteiger partial charge in [-0.2, -0.15) is 5.10 Å². The van der Waals surface area contributed by atoms with E-state index in [0.717, 1.165) is 28.8 Å². The van der Waals surface area contributed by atoms with Crippen LogP contribution in [0.3, 0.4) is 0 Å². The van der Waals surface area contributed by atoms with Crippen LogP contribution in [0.2, 0.25) is 0 Å². The van der Waals surface area contributed by atoms with Gasteiger partial charge >= 0.3 is 6.09 Å². The maximum atomic E-state index is 12.4. The average molecular weight is 416 g/mol. The molecule has 1 N–H and O–H groups in total. The van der Waals surface area contributed by atoms with Gasteiger partial charge in [-0.3, -0.25) is 14.4 Å². The predicted octanol–water partition coefficient (Wildman–Crippen LogP) is 1.92. The first-order valence-corrected chi connectivity index (χ1v) is 9.87. The Balaban J connectivity index is 2.08. The number of amides is 2. The third-order valence-corrected chi connectivity index (χ3v) is 5.23. The van der Waals surface area contributed by atoms with Crippen LogP contribution in [-0.2, 0) is 22.5 Å². The van der Waals surface area contributed by atoms with Crippen LogP contribution >= 0.6 is 0 Å². The summed E-state index contributed by atoms with van der Waals surface area (Å²) in [7, 11) is 4.71. The largest absolute Gasteiger partial charge is 0.483 e. The van der Waals surface area contributed by atoms with Gasteiger partial charge in [-0.25, -0.2) is 4.79 Å². The normalized spacial score (nSPS) is 15.5. The number of hydrogen-bond acceptors (Lipinski definition) is 6. The van der Waals surface area contributed by atoms with Crippen LogP contribution in [0.1, 0.15) is 18.9 Å². The number of carbonyl (C=O) groups is 2. The molecule has 0 bridgehead atoms. The molecule has 2 heterocycles. The highest BCUT2D eigenvalue weighted by Crippen LogP contribution is 2.43. The molecule has 9 nitrogen and oxygen atoms in total. The molecule has 0 saturated heterocycles. The van der Waals surface area contributed by atoms with Gasteiger partial charge in [-0.1, -0.05) is 0 Å². The summed E-state index contributed by atoms with van der Waals surface area (Å²) in [6, 6.07) is 3.73. The fourth-order valence-electron chi connectivity index (χ4n) is 3.56. The van der Waals surface area contributed by atoms with Crippen LogP contribution in [0.15, 0.2) is 24.5 Å². The summed E-state index contributed by atoms with van der Waals surface area (Å²) in [6.07, 6.45) is 4.53. The third kappa shape index (κ3) is 4.25. The van der Waals surface area contributed by atoms with Crippen molar-refractivity contribution in [1.29, 1.82) is 0 Å². The highest BCUT2D eigenvalue weighted by molar-refractivity contribution is 5.92. The van der Waals surface area contributed by atoms with Crippen LogP contribution in [0.5, 0.6) is 5.75 Å². The lowest BCUT2D eigenvalue weighted by Crippen LogP contribution is -2.42. The summed E-state index contributed by atoms with van der Waals surface area (Å²) in [5.74, 6) is 0.399. The molecule has 3 rings (SSSR count). The Hall–Kier alpha value is -3.07. The van der Waals surface area contributed by atoms with Crippen LogP contribution in [-0.4, -0.2) is 72.2 Å². The van der Waals surface area contributed by atoms with Gasteiger partial charge in [0.05, 0.1) is 32.1 Å². The number of likely N-dealkylation sites (N-methyl/N-ethyl adjacent to an activating group) is 1. The summed E-state index contributed by atoms with van der Waals surface area (Å²) in [6.45, 7) is 2.23. The molecule has 0 saturated carbocycles. The number of carbonyl (C=O) groups excluding carboxylic acids is 2. The highest BCUT2D eigenvalue weighted by atomic mass is 16.5. The van der Waals surface area contributed by atoms with Gasteiger partial charge in [0, 0.05) is 43.0 Å². The van der Waals surface area contributed by atoms with Gasteiger partial charge in [0.2, 0.25) is 0 Å². The molecule has 30 heavy (non-hydrogen) atoms. The van der Waals surface area contributed by atoms with E-state index in [1.165, 1.54) is 12.0 Å². The second kappa shape index (κ2) is 9.17. The second-order valence-corrected chi connectivity index (χ2v) is 7.46. The van der Waals surface area contributed by atoms with Crippen molar-refractivity contribution in [2.75, 3.05) is 39.3 Å². The SMILES string of the molecule is COC(=O)N1c2ccc(-c3cnn(CCO)c3)c(OCC(=O)N(C)C)c2CCC1C. The number of fused-ring (bicyclic) bond motifs is 1. The molecule has 0 spiro atoms. The number of benzene rings is 1. The van der Waals surface area contributed by atoms with E-state index in [-0.39, 0.29) is 25.2 Å². The van der Waals surface area contributed by atoms with Gasteiger partial charge in [0.1, 0.15) is 5.75 Å². The molecular weight excluding hydrogens is 388 g/mol. The zero-order chi connectivity index (χ0) is 21.8. The number of rotatable bonds is 6. The molecule has 0 aliphatic carbocycles. The highest BCUT2D eigenvalue weighted by Gasteiger charge is 2.32.